The number of amides is 1. The molecule has 5 nitrogen and oxygen atoms in total. The van der Waals surface area contributed by atoms with Gasteiger partial charge in [-0.2, -0.15) is 0 Å². The largest absolute Gasteiger partial charge is 0.503 e. The lowest BCUT2D eigenvalue weighted by Gasteiger charge is -2.10. The molecule has 0 aliphatic heterocycles. The summed E-state index contributed by atoms with van der Waals surface area (Å²) < 4.78 is 29.8. The van der Waals surface area contributed by atoms with Crippen molar-refractivity contribution in [1.29, 1.82) is 0 Å². The van der Waals surface area contributed by atoms with E-state index in [0.717, 1.165) is 10.6 Å². The number of aromatic hydroxyl groups is 1. The van der Waals surface area contributed by atoms with Crippen molar-refractivity contribution in [2.24, 2.45) is 5.73 Å². The highest BCUT2D eigenvalue weighted by Gasteiger charge is 2.30. The van der Waals surface area contributed by atoms with Crippen molar-refractivity contribution in [2.75, 3.05) is 0 Å². The van der Waals surface area contributed by atoms with Gasteiger partial charge < -0.3 is 10.8 Å². The van der Waals surface area contributed by atoms with Gasteiger partial charge in [0.25, 0.3) is 5.91 Å². The molecule has 0 fully saturated rings. The number of fused-ring (bicyclic) bond motifs is 1. The van der Waals surface area contributed by atoms with Gasteiger partial charge in [-0.3, -0.25) is 14.2 Å². The Morgan fingerprint density at radius 2 is 1.82 bits per heavy atom. The molecule has 0 aliphatic carbocycles. The Hall–Kier alpha value is -2.64. The molecular weight excluding hydrogens is 413 g/mol. The molecule has 2 aromatic carbocycles. The van der Waals surface area contributed by atoms with Gasteiger partial charge in [-0.25, -0.2) is 8.78 Å². The van der Waals surface area contributed by atoms with Crippen molar-refractivity contribution in [3.05, 3.63) is 62.8 Å². The average molecular weight is 427 g/mol. The van der Waals surface area contributed by atoms with Crippen LogP contribution < -0.4 is 5.73 Å². The molecule has 1 atom stereocenters. The van der Waals surface area contributed by atoms with E-state index in [-0.39, 0.29) is 37.8 Å². The number of benzene rings is 2. The molecule has 0 bridgehead atoms. The van der Waals surface area contributed by atoms with Crippen molar-refractivity contribution in [2.45, 2.75) is 19.8 Å². The van der Waals surface area contributed by atoms with Gasteiger partial charge in [-0.15, -0.1) is 0 Å². The third kappa shape index (κ3) is 3.00. The summed E-state index contributed by atoms with van der Waals surface area (Å²) in [4.78, 5) is 24.8. The number of rotatable bonds is 3. The maximum atomic E-state index is 14.7. The van der Waals surface area contributed by atoms with Crippen LogP contribution in [0, 0.1) is 18.6 Å². The molecule has 3 rings (SSSR count). The van der Waals surface area contributed by atoms with E-state index in [1.54, 1.807) is 0 Å². The summed E-state index contributed by atoms with van der Waals surface area (Å²) in [5.41, 5.74) is 5.59. The van der Waals surface area contributed by atoms with Crippen LogP contribution in [0.15, 0.2) is 24.3 Å². The molecule has 0 unspecified atom stereocenters. The van der Waals surface area contributed by atoms with Crippen LogP contribution in [0.25, 0.3) is 10.9 Å². The van der Waals surface area contributed by atoms with E-state index in [4.69, 9.17) is 28.9 Å². The summed E-state index contributed by atoms with van der Waals surface area (Å²) in [5.74, 6) is -6.14. The Morgan fingerprint density at radius 1 is 1.18 bits per heavy atom. The van der Waals surface area contributed by atoms with Crippen molar-refractivity contribution >= 4 is 45.9 Å². The van der Waals surface area contributed by atoms with E-state index >= 15 is 0 Å². The number of phenols is 1. The molecule has 28 heavy (non-hydrogen) atoms. The second kappa shape index (κ2) is 7.07. The lowest BCUT2D eigenvalue weighted by atomic mass is 9.97. The topological polar surface area (TPSA) is 85.3 Å². The van der Waals surface area contributed by atoms with Crippen LogP contribution in [0.5, 0.6) is 5.75 Å². The van der Waals surface area contributed by atoms with Gasteiger partial charge in [0, 0.05) is 22.7 Å². The van der Waals surface area contributed by atoms with E-state index in [1.807, 2.05) is 0 Å². The Balaban J connectivity index is 2.39. The lowest BCUT2D eigenvalue weighted by Crippen LogP contribution is -2.20. The molecule has 3 aromatic rings. The first kappa shape index (κ1) is 20.1. The van der Waals surface area contributed by atoms with Gasteiger partial charge in [0.1, 0.15) is 0 Å². The number of primary amides is 1. The molecule has 1 heterocycles. The highest BCUT2D eigenvalue weighted by Crippen LogP contribution is 2.38. The highest BCUT2D eigenvalue weighted by atomic mass is 35.5. The third-order valence-electron chi connectivity index (χ3n) is 4.64. The zero-order valence-electron chi connectivity index (χ0n) is 14.7. The van der Waals surface area contributed by atoms with Crippen molar-refractivity contribution < 1.29 is 23.5 Å². The second-order valence-electron chi connectivity index (χ2n) is 6.31. The van der Waals surface area contributed by atoms with E-state index in [9.17, 15) is 23.5 Å². The Bertz CT molecular complexity index is 1160. The quantitative estimate of drug-likeness (QED) is 0.645. The third-order valence-corrected chi connectivity index (χ3v) is 5.38. The number of hydrogen-bond donors (Lipinski definition) is 2. The summed E-state index contributed by atoms with van der Waals surface area (Å²) in [6.45, 7) is 2.90. The second-order valence-corrected chi connectivity index (χ2v) is 7.12. The van der Waals surface area contributed by atoms with Gasteiger partial charge in [-0.05, 0) is 37.6 Å². The molecule has 146 valence electrons. The van der Waals surface area contributed by atoms with Crippen molar-refractivity contribution in [1.82, 2.24) is 4.57 Å². The number of nitrogens with zero attached hydrogens (tertiary/aromatic N) is 1. The number of phenolic OH excluding ortho intramolecular Hbond substituents is 1. The van der Waals surface area contributed by atoms with Gasteiger partial charge in [0.05, 0.1) is 21.5 Å². The van der Waals surface area contributed by atoms with Crippen molar-refractivity contribution in [3.63, 3.8) is 0 Å². The maximum Gasteiger partial charge on any atom is 0.262 e. The first-order valence-corrected chi connectivity index (χ1v) is 8.82. The summed E-state index contributed by atoms with van der Waals surface area (Å²) in [7, 11) is 0. The Kier molecular flexibility index (Phi) is 5.08. The van der Waals surface area contributed by atoms with Gasteiger partial charge in [0.2, 0.25) is 5.91 Å². The summed E-state index contributed by atoms with van der Waals surface area (Å²) in [6, 6.07) is 4.97. The van der Waals surface area contributed by atoms with E-state index in [0.29, 0.717) is 0 Å². The normalized spacial score (nSPS) is 12.4. The van der Waals surface area contributed by atoms with E-state index in [2.05, 4.69) is 0 Å². The summed E-state index contributed by atoms with van der Waals surface area (Å²) in [5, 5.41) is 9.79. The number of carbonyl (C=O) groups excluding carboxylic acids is 2. The molecule has 0 saturated heterocycles. The zero-order chi connectivity index (χ0) is 20.9. The van der Waals surface area contributed by atoms with E-state index < -0.39 is 35.1 Å². The SMILES string of the molecule is Cc1c([C@H](C)C(N)=O)c2c(F)c(O)c(F)cc2n1C(=O)c1ccc(Cl)c(Cl)c1. The molecule has 9 heteroatoms. The predicted octanol–water partition coefficient (Wildman–Crippen LogP) is 4.52. The molecule has 0 spiro atoms. The predicted molar refractivity (Wildman–Crippen MR) is 102 cm³/mol. The number of nitrogens with two attached hydrogens (primary N) is 1. The molecule has 0 radical (unpaired) electrons. The fourth-order valence-electron chi connectivity index (χ4n) is 3.20. The zero-order valence-corrected chi connectivity index (χ0v) is 16.2. The fraction of sp³-hybridized carbons (Fsp3) is 0.158. The van der Waals surface area contributed by atoms with Crippen LogP contribution in [0.2, 0.25) is 10.0 Å². The van der Waals surface area contributed by atoms with Crippen LogP contribution in [-0.4, -0.2) is 21.5 Å². The highest BCUT2D eigenvalue weighted by molar-refractivity contribution is 6.42. The molecule has 3 N–H and O–H groups in total. The monoisotopic (exact) mass is 426 g/mol. The first-order valence-electron chi connectivity index (χ1n) is 8.07. The molecular formula is C19H14Cl2F2N2O3. The minimum absolute atomic E-state index is 0.0868. The van der Waals surface area contributed by atoms with Crippen LogP contribution in [0.3, 0.4) is 0 Å². The fourth-order valence-corrected chi connectivity index (χ4v) is 3.50. The smallest absolute Gasteiger partial charge is 0.262 e. The molecule has 0 saturated carbocycles. The first-order chi connectivity index (χ1) is 13.1. The van der Waals surface area contributed by atoms with Gasteiger partial charge in [-0.1, -0.05) is 23.2 Å². The Morgan fingerprint density at radius 3 is 2.39 bits per heavy atom. The summed E-state index contributed by atoms with van der Waals surface area (Å²) in [6.07, 6.45) is 0. The number of carbonyl (C=O) groups is 2. The molecule has 0 aliphatic rings. The number of halogens is 4. The van der Waals surface area contributed by atoms with Crippen LogP contribution in [-0.2, 0) is 4.79 Å². The maximum absolute atomic E-state index is 14.7. The van der Waals surface area contributed by atoms with Crippen LogP contribution >= 0.6 is 23.2 Å². The average Bonchev–Trinajstić information content (AvgIpc) is 2.92. The molecule has 1 amide bonds. The Labute approximate surface area is 168 Å². The minimum Gasteiger partial charge on any atom is -0.503 e. The van der Waals surface area contributed by atoms with Gasteiger partial charge in [0.15, 0.2) is 17.4 Å². The minimum atomic E-state index is -1.28. The standard InChI is InChI=1S/C19H14Cl2F2N2O3/c1-7(18(24)27)14-8(2)25(13-6-12(22)17(26)16(23)15(13)14)19(28)9-3-4-10(20)11(21)5-9/h3-7,26H,1-2H3,(H2,24,27)/t7-/m0/s1. The van der Waals surface area contributed by atoms with Crippen LogP contribution in [0.1, 0.15) is 34.5 Å². The van der Waals surface area contributed by atoms with Crippen LogP contribution in [0.4, 0.5) is 8.78 Å². The molecule has 1 aromatic heterocycles. The lowest BCUT2D eigenvalue weighted by molar-refractivity contribution is -0.119. The number of hydrogen-bond acceptors (Lipinski definition) is 3. The van der Waals surface area contributed by atoms with E-state index in [1.165, 1.54) is 32.0 Å². The van der Waals surface area contributed by atoms with Gasteiger partial charge >= 0.3 is 0 Å². The number of aromatic nitrogens is 1. The van der Waals surface area contributed by atoms with Crippen molar-refractivity contribution in [3.8, 4) is 5.75 Å². The summed E-state index contributed by atoms with van der Waals surface area (Å²) >= 11 is 11.8.